The van der Waals surface area contributed by atoms with Crippen molar-refractivity contribution in [3.8, 4) is 0 Å². The van der Waals surface area contributed by atoms with Gasteiger partial charge in [0.25, 0.3) is 0 Å². The SMILES string of the molecule is Cc1nc(C(C)NCc2cccc(C(N)=O)c2)cs1. The van der Waals surface area contributed by atoms with Gasteiger partial charge in [0, 0.05) is 23.5 Å². The molecule has 1 aromatic carbocycles. The fraction of sp³-hybridized carbons (Fsp3) is 0.286. The Hall–Kier alpha value is -1.72. The molecule has 0 aliphatic heterocycles. The maximum absolute atomic E-state index is 11.1. The van der Waals surface area contributed by atoms with Crippen LogP contribution < -0.4 is 11.1 Å². The van der Waals surface area contributed by atoms with Crippen LogP contribution in [0.4, 0.5) is 0 Å². The second kappa shape index (κ2) is 5.95. The Morgan fingerprint density at radius 2 is 2.32 bits per heavy atom. The molecule has 1 heterocycles. The van der Waals surface area contributed by atoms with Gasteiger partial charge in [0.1, 0.15) is 0 Å². The topological polar surface area (TPSA) is 68.0 Å². The maximum atomic E-state index is 11.1. The van der Waals surface area contributed by atoms with E-state index in [1.54, 1.807) is 17.4 Å². The van der Waals surface area contributed by atoms with Crippen LogP contribution in [0.25, 0.3) is 0 Å². The Morgan fingerprint density at radius 1 is 1.53 bits per heavy atom. The van der Waals surface area contributed by atoms with E-state index in [0.29, 0.717) is 12.1 Å². The molecule has 0 aliphatic rings. The number of nitrogens with two attached hydrogens (primary N) is 1. The van der Waals surface area contributed by atoms with Gasteiger partial charge in [-0.1, -0.05) is 12.1 Å². The average Bonchev–Trinajstić information content (AvgIpc) is 2.83. The van der Waals surface area contributed by atoms with Crippen LogP contribution in [0.1, 0.15) is 39.6 Å². The molecule has 1 unspecified atom stereocenters. The van der Waals surface area contributed by atoms with Crippen molar-refractivity contribution < 1.29 is 4.79 Å². The number of nitrogens with zero attached hydrogens (tertiary/aromatic N) is 1. The molecule has 2 aromatic rings. The van der Waals surface area contributed by atoms with Gasteiger partial charge in [-0.15, -0.1) is 11.3 Å². The van der Waals surface area contributed by atoms with Crippen LogP contribution in [-0.4, -0.2) is 10.9 Å². The zero-order valence-electron chi connectivity index (χ0n) is 11.0. The lowest BCUT2D eigenvalue weighted by Crippen LogP contribution is -2.19. The van der Waals surface area contributed by atoms with Crippen LogP contribution in [0.2, 0.25) is 0 Å². The van der Waals surface area contributed by atoms with Crippen LogP contribution in [0, 0.1) is 6.92 Å². The summed E-state index contributed by atoms with van der Waals surface area (Å²) in [6, 6.07) is 7.53. The first-order valence-corrected chi connectivity index (χ1v) is 6.98. The summed E-state index contributed by atoms with van der Waals surface area (Å²) in [5.74, 6) is -0.398. The predicted octanol–water partition coefficient (Wildman–Crippen LogP) is 2.40. The number of benzene rings is 1. The third-order valence-electron chi connectivity index (χ3n) is 2.90. The van der Waals surface area contributed by atoms with Gasteiger partial charge in [0.05, 0.1) is 10.7 Å². The van der Waals surface area contributed by atoms with Crippen LogP contribution in [0.3, 0.4) is 0 Å². The van der Waals surface area contributed by atoms with Crippen LogP contribution in [0.5, 0.6) is 0 Å². The van der Waals surface area contributed by atoms with Crippen molar-refractivity contribution >= 4 is 17.2 Å². The first-order chi connectivity index (χ1) is 9.06. The molecule has 4 nitrogen and oxygen atoms in total. The van der Waals surface area contributed by atoms with Gasteiger partial charge in [0.2, 0.25) is 5.91 Å². The highest BCUT2D eigenvalue weighted by Crippen LogP contribution is 2.16. The summed E-state index contributed by atoms with van der Waals surface area (Å²) >= 11 is 1.65. The van der Waals surface area contributed by atoms with Gasteiger partial charge in [-0.05, 0) is 31.5 Å². The minimum Gasteiger partial charge on any atom is -0.366 e. The molecule has 3 N–H and O–H groups in total. The molecule has 0 aliphatic carbocycles. The second-order valence-electron chi connectivity index (χ2n) is 4.46. The van der Waals surface area contributed by atoms with Crippen molar-refractivity contribution in [2.45, 2.75) is 26.4 Å². The van der Waals surface area contributed by atoms with E-state index in [1.807, 2.05) is 25.1 Å². The first kappa shape index (κ1) is 13.7. The molecule has 1 aromatic heterocycles. The Bertz CT molecular complexity index is 580. The fourth-order valence-corrected chi connectivity index (χ4v) is 2.50. The summed E-state index contributed by atoms with van der Waals surface area (Å²) in [5.41, 5.74) is 7.89. The summed E-state index contributed by atoms with van der Waals surface area (Å²) in [6.45, 7) is 4.75. The Morgan fingerprint density at radius 3 is 2.95 bits per heavy atom. The Kier molecular flexibility index (Phi) is 4.29. The van der Waals surface area contributed by atoms with Crippen molar-refractivity contribution in [2.24, 2.45) is 5.73 Å². The summed E-state index contributed by atoms with van der Waals surface area (Å²) in [6.07, 6.45) is 0. The van der Waals surface area contributed by atoms with Gasteiger partial charge in [-0.25, -0.2) is 4.98 Å². The van der Waals surface area contributed by atoms with E-state index in [0.717, 1.165) is 16.3 Å². The number of rotatable bonds is 5. The quantitative estimate of drug-likeness (QED) is 0.880. The van der Waals surface area contributed by atoms with Gasteiger partial charge in [-0.2, -0.15) is 0 Å². The fourth-order valence-electron chi connectivity index (χ4n) is 1.79. The molecule has 0 fully saturated rings. The molecule has 2 rings (SSSR count). The second-order valence-corrected chi connectivity index (χ2v) is 5.52. The van der Waals surface area contributed by atoms with Crippen LogP contribution in [-0.2, 0) is 6.54 Å². The van der Waals surface area contributed by atoms with Gasteiger partial charge < -0.3 is 11.1 Å². The lowest BCUT2D eigenvalue weighted by molar-refractivity contribution is 0.1000. The van der Waals surface area contributed by atoms with E-state index in [2.05, 4.69) is 22.6 Å². The molecule has 0 radical (unpaired) electrons. The van der Waals surface area contributed by atoms with Crippen molar-refractivity contribution in [1.29, 1.82) is 0 Å². The van der Waals surface area contributed by atoms with Gasteiger partial charge in [0.15, 0.2) is 0 Å². The predicted molar refractivity (Wildman–Crippen MR) is 77.1 cm³/mol. The third-order valence-corrected chi connectivity index (χ3v) is 3.70. The van der Waals surface area contributed by atoms with Crippen molar-refractivity contribution in [3.05, 3.63) is 51.5 Å². The molecule has 0 saturated carbocycles. The number of aryl methyl sites for hydroxylation is 1. The summed E-state index contributed by atoms with van der Waals surface area (Å²) < 4.78 is 0. The Balaban J connectivity index is 1.98. The molecule has 19 heavy (non-hydrogen) atoms. The van der Waals surface area contributed by atoms with E-state index in [4.69, 9.17) is 5.73 Å². The highest BCUT2D eigenvalue weighted by molar-refractivity contribution is 7.09. The number of nitrogens with one attached hydrogen (secondary N) is 1. The van der Waals surface area contributed by atoms with E-state index in [-0.39, 0.29) is 6.04 Å². The lowest BCUT2D eigenvalue weighted by atomic mass is 10.1. The van der Waals surface area contributed by atoms with Crippen LogP contribution in [0.15, 0.2) is 29.6 Å². The summed E-state index contributed by atoms with van der Waals surface area (Å²) in [5, 5.41) is 6.52. The molecule has 1 amide bonds. The zero-order valence-corrected chi connectivity index (χ0v) is 11.8. The van der Waals surface area contributed by atoms with Crippen molar-refractivity contribution in [3.63, 3.8) is 0 Å². The Labute approximate surface area is 116 Å². The van der Waals surface area contributed by atoms with E-state index in [9.17, 15) is 4.79 Å². The molecule has 100 valence electrons. The normalized spacial score (nSPS) is 12.3. The molecular formula is C14H17N3OS. The van der Waals surface area contributed by atoms with E-state index >= 15 is 0 Å². The molecule has 0 saturated heterocycles. The molecule has 0 spiro atoms. The summed E-state index contributed by atoms with van der Waals surface area (Å²) in [4.78, 5) is 15.6. The molecule has 5 heteroatoms. The zero-order chi connectivity index (χ0) is 13.8. The smallest absolute Gasteiger partial charge is 0.248 e. The van der Waals surface area contributed by atoms with Crippen molar-refractivity contribution in [2.75, 3.05) is 0 Å². The number of hydrogen-bond donors (Lipinski definition) is 2. The lowest BCUT2D eigenvalue weighted by Gasteiger charge is -2.11. The highest BCUT2D eigenvalue weighted by atomic mass is 32.1. The number of carbonyl (C=O) groups is 1. The van der Waals surface area contributed by atoms with E-state index in [1.165, 1.54) is 0 Å². The first-order valence-electron chi connectivity index (χ1n) is 6.10. The van der Waals surface area contributed by atoms with Gasteiger partial charge >= 0.3 is 0 Å². The molecule has 1 atom stereocenters. The number of amides is 1. The number of aromatic nitrogens is 1. The minimum absolute atomic E-state index is 0.183. The number of carbonyl (C=O) groups excluding carboxylic acids is 1. The number of primary amides is 1. The highest BCUT2D eigenvalue weighted by Gasteiger charge is 2.08. The molecular weight excluding hydrogens is 258 g/mol. The standard InChI is InChI=1S/C14H17N3OS/c1-9(13-8-19-10(2)17-13)16-7-11-4-3-5-12(6-11)14(15)18/h3-6,8-9,16H,7H2,1-2H3,(H2,15,18). The number of thiazole rings is 1. The molecule has 0 bridgehead atoms. The largest absolute Gasteiger partial charge is 0.366 e. The third kappa shape index (κ3) is 3.62. The summed E-state index contributed by atoms with van der Waals surface area (Å²) in [7, 11) is 0. The monoisotopic (exact) mass is 275 g/mol. The van der Waals surface area contributed by atoms with Gasteiger partial charge in [-0.3, -0.25) is 4.79 Å². The number of hydrogen-bond acceptors (Lipinski definition) is 4. The van der Waals surface area contributed by atoms with E-state index < -0.39 is 5.91 Å². The minimum atomic E-state index is -0.398. The maximum Gasteiger partial charge on any atom is 0.248 e. The van der Waals surface area contributed by atoms with Crippen molar-refractivity contribution in [1.82, 2.24) is 10.3 Å². The average molecular weight is 275 g/mol. The van der Waals surface area contributed by atoms with Crippen LogP contribution >= 0.6 is 11.3 Å².